The molecule has 1 aromatic carbocycles. The van der Waals surface area contributed by atoms with Crippen LogP contribution in [0.4, 0.5) is 0 Å². The van der Waals surface area contributed by atoms with Gasteiger partial charge in [-0.2, -0.15) is 5.26 Å². The van der Waals surface area contributed by atoms with Gasteiger partial charge in [0.15, 0.2) is 9.84 Å². The maximum absolute atomic E-state index is 13.0. The van der Waals surface area contributed by atoms with Crippen LogP contribution in [-0.4, -0.2) is 58.9 Å². The lowest BCUT2D eigenvalue weighted by Gasteiger charge is -2.64. The molecular formula is C25H34N4O5S2. The monoisotopic (exact) mass is 534 g/mol. The standard InChI is InChI=1S/C25H34N4O5S2/c1-36(33,34)21-6-4-19(5-7-21)23(28-35(31)32)24-10-17-9-18(11-24)13-25(12-17,16-24)27-15-22(30)29-8-2-3-20(29)14-26/h4-7,17-18,20,23,27-28H,2-3,8-13,15-16H2,1H3,(H,31,32). The highest BCUT2D eigenvalue weighted by molar-refractivity contribution is 7.90. The molecule has 9 nitrogen and oxygen atoms in total. The van der Waals surface area contributed by atoms with Crippen molar-refractivity contribution in [3.8, 4) is 6.07 Å². The van der Waals surface area contributed by atoms with E-state index in [-0.39, 0.29) is 34.3 Å². The number of amides is 1. The van der Waals surface area contributed by atoms with E-state index in [1.54, 1.807) is 29.2 Å². The summed E-state index contributed by atoms with van der Waals surface area (Å²) in [5.41, 5.74) is 0.283. The SMILES string of the molecule is CS(=O)(=O)c1ccc(C(NS(=O)O)C23CC4CC(CC(NCC(=O)N5CCCC5C#N)(C4)C2)C3)cc1. The van der Waals surface area contributed by atoms with Crippen molar-refractivity contribution < 1.29 is 22.0 Å². The maximum atomic E-state index is 13.0. The van der Waals surface area contributed by atoms with E-state index >= 15 is 0 Å². The number of benzene rings is 1. The van der Waals surface area contributed by atoms with E-state index in [1.807, 2.05) is 0 Å². The van der Waals surface area contributed by atoms with Crippen molar-refractivity contribution >= 4 is 27.0 Å². The van der Waals surface area contributed by atoms with Gasteiger partial charge in [0, 0.05) is 18.3 Å². The van der Waals surface area contributed by atoms with E-state index in [1.165, 1.54) is 0 Å². The molecule has 4 saturated carbocycles. The predicted molar refractivity (Wildman–Crippen MR) is 134 cm³/mol. The van der Waals surface area contributed by atoms with Crippen LogP contribution in [-0.2, 0) is 25.9 Å². The van der Waals surface area contributed by atoms with E-state index < -0.39 is 27.1 Å². The van der Waals surface area contributed by atoms with Crippen LogP contribution in [0.2, 0.25) is 0 Å². The third-order valence-electron chi connectivity index (χ3n) is 8.92. The number of nitriles is 1. The zero-order valence-electron chi connectivity index (χ0n) is 20.5. The van der Waals surface area contributed by atoms with Gasteiger partial charge in [0.25, 0.3) is 0 Å². The van der Waals surface area contributed by atoms with Crippen molar-refractivity contribution in [1.29, 1.82) is 5.26 Å². The molecule has 1 amide bonds. The first-order valence-corrected chi connectivity index (χ1v) is 15.6. The fourth-order valence-electron chi connectivity index (χ4n) is 8.00. The largest absolute Gasteiger partial charge is 0.326 e. The molecule has 1 aromatic rings. The van der Waals surface area contributed by atoms with Crippen LogP contribution < -0.4 is 10.0 Å². The minimum Gasteiger partial charge on any atom is -0.326 e. The second-order valence-electron chi connectivity index (χ2n) is 11.5. The normalized spacial score (nSPS) is 34.9. The molecule has 5 aliphatic rings. The van der Waals surface area contributed by atoms with Crippen LogP contribution in [0.15, 0.2) is 29.2 Å². The lowest BCUT2D eigenvalue weighted by molar-refractivity contribution is -0.133. The Labute approximate surface area is 215 Å². The van der Waals surface area contributed by atoms with Crippen LogP contribution in [0.1, 0.15) is 63.0 Å². The van der Waals surface area contributed by atoms with Crippen molar-refractivity contribution in [2.45, 2.75) is 73.9 Å². The van der Waals surface area contributed by atoms with Crippen molar-refractivity contribution in [3.05, 3.63) is 29.8 Å². The van der Waals surface area contributed by atoms with Crippen LogP contribution in [0.25, 0.3) is 0 Å². The zero-order chi connectivity index (χ0) is 25.7. The highest BCUT2D eigenvalue weighted by atomic mass is 32.2. The predicted octanol–water partition coefficient (Wildman–Crippen LogP) is 2.30. The molecule has 0 radical (unpaired) electrons. The number of sulfone groups is 1. The zero-order valence-corrected chi connectivity index (χ0v) is 22.1. The molecule has 6 rings (SSSR count). The summed E-state index contributed by atoms with van der Waals surface area (Å²) in [7, 11) is -3.35. The lowest BCUT2D eigenvalue weighted by atomic mass is 9.44. The van der Waals surface area contributed by atoms with Crippen molar-refractivity contribution in [3.63, 3.8) is 0 Å². The lowest BCUT2D eigenvalue weighted by Crippen LogP contribution is -2.65. The number of nitrogens with one attached hydrogen (secondary N) is 2. The quantitative estimate of drug-likeness (QED) is 0.435. The number of hydrogen-bond acceptors (Lipinski definition) is 6. The topological polar surface area (TPSA) is 140 Å². The Balaban J connectivity index is 1.40. The minimum atomic E-state index is -3.35. The highest BCUT2D eigenvalue weighted by Crippen LogP contribution is 2.65. The van der Waals surface area contributed by atoms with Gasteiger partial charge in [-0.15, -0.1) is 0 Å². The summed E-state index contributed by atoms with van der Waals surface area (Å²) < 4.78 is 48.7. The molecule has 196 valence electrons. The van der Waals surface area contributed by atoms with Crippen molar-refractivity contribution in [2.75, 3.05) is 19.3 Å². The van der Waals surface area contributed by atoms with Crippen molar-refractivity contribution in [2.24, 2.45) is 17.3 Å². The Morgan fingerprint density at radius 3 is 2.50 bits per heavy atom. The maximum Gasteiger partial charge on any atom is 0.237 e. The summed E-state index contributed by atoms with van der Waals surface area (Å²) in [6, 6.07) is 8.11. The molecule has 4 aliphatic carbocycles. The summed E-state index contributed by atoms with van der Waals surface area (Å²) in [4.78, 5) is 14.9. The second kappa shape index (κ2) is 9.48. The van der Waals surface area contributed by atoms with Gasteiger partial charge in [0.05, 0.1) is 23.6 Å². The second-order valence-corrected chi connectivity index (χ2v) is 14.2. The smallest absolute Gasteiger partial charge is 0.237 e. The highest BCUT2D eigenvalue weighted by Gasteiger charge is 2.60. The van der Waals surface area contributed by atoms with E-state index in [9.17, 15) is 27.2 Å². The molecule has 1 aliphatic heterocycles. The Morgan fingerprint density at radius 1 is 1.25 bits per heavy atom. The number of rotatable bonds is 8. The fourth-order valence-corrected chi connectivity index (χ4v) is 9.22. The number of hydrogen-bond donors (Lipinski definition) is 3. The first kappa shape index (κ1) is 25.8. The average molecular weight is 535 g/mol. The van der Waals surface area contributed by atoms with Gasteiger partial charge in [-0.1, -0.05) is 12.1 Å². The summed E-state index contributed by atoms with van der Waals surface area (Å²) in [6.45, 7) is 0.819. The molecule has 5 atom stereocenters. The average Bonchev–Trinajstić information content (AvgIpc) is 3.29. The van der Waals surface area contributed by atoms with E-state index in [4.69, 9.17) is 0 Å². The van der Waals surface area contributed by atoms with Crippen LogP contribution >= 0.6 is 0 Å². The molecule has 4 bridgehead atoms. The van der Waals surface area contributed by atoms with Crippen LogP contribution in [0, 0.1) is 28.6 Å². The fraction of sp³-hybridized carbons (Fsp3) is 0.680. The Bertz CT molecular complexity index is 1180. The first-order chi connectivity index (χ1) is 17.0. The summed E-state index contributed by atoms with van der Waals surface area (Å²) in [5, 5.41) is 13.0. The van der Waals surface area contributed by atoms with E-state index in [0.29, 0.717) is 18.4 Å². The molecule has 0 spiro atoms. The van der Waals surface area contributed by atoms with Crippen LogP contribution in [0.5, 0.6) is 0 Å². The van der Waals surface area contributed by atoms with Crippen LogP contribution in [0.3, 0.4) is 0 Å². The summed E-state index contributed by atoms with van der Waals surface area (Å²) in [6.07, 6.45) is 8.44. The number of nitrogens with zero attached hydrogens (tertiary/aromatic N) is 2. The third-order valence-corrected chi connectivity index (χ3v) is 10.5. The minimum absolute atomic E-state index is 0.0358. The third kappa shape index (κ3) is 4.86. The molecule has 5 fully saturated rings. The molecular weight excluding hydrogens is 500 g/mol. The molecule has 1 heterocycles. The molecule has 1 saturated heterocycles. The van der Waals surface area contributed by atoms with Gasteiger partial charge in [-0.25, -0.2) is 17.3 Å². The van der Waals surface area contributed by atoms with Gasteiger partial charge < -0.3 is 10.2 Å². The van der Waals surface area contributed by atoms with Gasteiger partial charge in [0.2, 0.25) is 17.2 Å². The Hall–Kier alpha value is -1.84. The van der Waals surface area contributed by atoms with Gasteiger partial charge in [-0.05, 0) is 86.3 Å². The number of carbonyl (C=O) groups is 1. The van der Waals surface area contributed by atoms with Gasteiger partial charge in [-0.3, -0.25) is 9.35 Å². The summed E-state index contributed by atoms with van der Waals surface area (Å²) >= 11 is -2.24. The summed E-state index contributed by atoms with van der Waals surface area (Å²) in [5.74, 6) is 0.879. The van der Waals surface area contributed by atoms with Gasteiger partial charge >= 0.3 is 0 Å². The Kier molecular flexibility index (Phi) is 6.79. The molecule has 0 aromatic heterocycles. The van der Waals surface area contributed by atoms with E-state index in [2.05, 4.69) is 16.1 Å². The molecule has 36 heavy (non-hydrogen) atoms. The Morgan fingerprint density at radius 2 is 1.92 bits per heavy atom. The number of likely N-dealkylation sites (tertiary alicyclic amines) is 1. The van der Waals surface area contributed by atoms with E-state index in [0.717, 1.165) is 63.2 Å². The molecule has 5 unspecified atom stereocenters. The molecule has 3 N–H and O–H groups in total. The number of carbonyl (C=O) groups excluding carboxylic acids is 1. The van der Waals surface area contributed by atoms with Crippen molar-refractivity contribution in [1.82, 2.24) is 14.9 Å². The van der Waals surface area contributed by atoms with Gasteiger partial charge in [0.1, 0.15) is 6.04 Å². The molecule has 11 heteroatoms. The first-order valence-electron chi connectivity index (χ1n) is 12.6.